The molecule has 1 atom stereocenters. The number of halogens is 1. The molecule has 5 heteroatoms. The van der Waals surface area contributed by atoms with Crippen LogP contribution in [0.2, 0.25) is 0 Å². The van der Waals surface area contributed by atoms with Crippen LogP contribution in [0.5, 0.6) is 0 Å². The highest BCUT2D eigenvalue weighted by atomic mass is 79.9. The average Bonchev–Trinajstić information content (AvgIpc) is 2.53. The first-order chi connectivity index (χ1) is 10.9. The Morgan fingerprint density at radius 1 is 1.30 bits per heavy atom. The van der Waals surface area contributed by atoms with Gasteiger partial charge in [0.15, 0.2) is 6.04 Å². The number of rotatable bonds is 8. The number of esters is 1. The van der Waals surface area contributed by atoms with Gasteiger partial charge in [-0.1, -0.05) is 48.0 Å². The molecule has 1 aromatic carbocycles. The summed E-state index contributed by atoms with van der Waals surface area (Å²) in [7, 11) is 1.33. The molecule has 1 aromatic rings. The Kier molecular flexibility index (Phi) is 8.03. The van der Waals surface area contributed by atoms with Gasteiger partial charge in [0, 0.05) is 17.4 Å². The number of carbonyl (C=O) groups excluding carboxylic acids is 2. The van der Waals surface area contributed by atoms with E-state index in [1.165, 1.54) is 7.11 Å². The van der Waals surface area contributed by atoms with E-state index in [1.54, 1.807) is 11.8 Å². The van der Waals surface area contributed by atoms with E-state index < -0.39 is 12.0 Å². The van der Waals surface area contributed by atoms with Gasteiger partial charge in [-0.05, 0) is 36.6 Å². The maximum atomic E-state index is 12.6. The van der Waals surface area contributed by atoms with E-state index in [0.717, 1.165) is 22.9 Å². The minimum absolute atomic E-state index is 0.0619. The van der Waals surface area contributed by atoms with Crippen molar-refractivity contribution in [3.8, 4) is 0 Å². The molecule has 0 aliphatic heterocycles. The van der Waals surface area contributed by atoms with E-state index in [-0.39, 0.29) is 5.91 Å². The highest BCUT2D eigenvalue weighted by molar-refractivity contribution is 9.10. The number of amides is 1. The van der Waals surface area contributed by atoms with Crippen LogP contribution in [0, 0.1) is 0 Å². The first-order valence-electron chi connectivity index (χ1n) is 7.67. The Labute approximate surface area is 146 Å². The zero-order chi connectivity index (χ0) is 17.4. The van der Waals surface area contributed by atoms with Gasteiger partial charge >= 0.3 is 5.97 Å². The summed E-state index contributed by atoms with van der Waals surface area (Å²) < 4.78 is 5.83. The fraction of sp³-hybridized carbons (Fsp3) is 0.444. The molecule has 0 aliphatic carbocycles. The van der Waals surface area contributed by atoms with Crippen molar-refractivity contribution in [3.05, 3.63) is 46.5 Å². The van der Waals surface area contributed by atoms with Crippen LogP contribution in [0.3, 0.4) is 0 Å². The maximum Gasteiger partial charge on any atom is 0.332 e. The van der Waals surface area contributed by atoms with Gasteiger partial charge in [0.25, 0.3) is 0 Å². The van der Waals surface area contributed by atoms with Gasteiger partial charge in [-0.25, -0.2) is 4.79 Å². The number of benzene rings is 1. The molecule has 23 heavy (non-hydrogen) atoms. The number of methoxy groups -OCH3 is 1. The van der Waals surface area contributed by atoms with E-state index in [4.69, 9.17) is 4.74 Å². The number of hydrogen-bond acceptors (Lipinski definition) is 3. The summed E-state index contributed by atoms with van der Waals surface area (Å²) in [4.78, 5) is 26.3. The zero-order valence-corrected chi connectivity index (χ0v) is 15.6. The Morgan fingerprint density at radius 2 is 1.91 bits per heavy atom. The first-order valence-corrected chi connectivity index (χ1v) is 8.47. The summed E-state index contributed by atoms with van der Waals surface area (Å²) in [6.45, 7) is 7.98. The van der Waals surface area contributed by atoms with E-state index in [1.807, 2.05) is 31.2 Å². The second kappa shape index (κ2) is 9.50. The lowest BCUT2D eigenvalue weighted by Gasteiger charge is -2.30. The first kappa shape index (κ1) is 19.4. The molecule has 0 spiro atoms. The second-order valence-electron chi connectivity index (χ2n) is 5.52. The number of nitrogens with zero attached hydrogens (tertiary/aromatic N) is 1. The topological polar surface area (TPSA) is 46.6 Å². The summed E-state index contributed by atoms with van der Waals surface area (Å²) in [5.74, 6) is -0.521. The Balaban J connectivity index is 3.08. The molecule has 126 valence electrons. The summed E-state index contributed by atoms with van der Waals surface area (Å²) in [6.07, 6.45) is 2.13. The van der Waals surface area contributed by atoms with Gasteiger partial charge in [0.2, 0.25) is 5.91 Å². The fourth-order valence-corrected chi connectivity index (χ4v) is 2.55. The highest BCUT2D eigenvalue weighted by Gasteiger charge is 2.31. The monoisotopic (exact) mass is 381 g/mol. The molecule has 1 rings (SSSR count). The highest BCUT2D eigenvalue weighted by Crippen LogP contribution is 2.19. The Bertz CT molecular complexity index is 554. The summed E-state index contributed by atoms with van der Waals surface area (Å²) in [5.41, 5.74) is 1.55. The largest absolute Gasteiger partial charge is 0.467 e. The normalized spacial score (nSPS) is 11.7. The molecule has 0 heterocycles. The number of unbranched alkanes of at least 4 members (excludes halogenated alkanes) is 1. The zero-order valence-electron chi connectivity index (χ0n) is 14.0. The number of carbonyl (C=O) groups is 2. The van der Waals surface area contributed by atoms with E-state index in [2.05, 4.69) is 22.5 Å². The van der Waals surface area contributed by atoms with Gasteiger partial charge in [0.05, 0.1) is 7.11 Å². The second-order valence-corrected chi connectivity index (χ2v) is 6.44. The lowest BCUT2D eigenvalue weighted by Crippen LogP contribution is -2.45. The summed E-state index contributed by atoms with van der Waals surface area (Å²) >= 11 is 3.39. The molecule has 0 radical (unpaired) electrons. The quantitative estimate of drug-likeness (QED) is 0.503. The SMILES string of the molecule is C=C(C)[C@@H](C(=O)OC)N(Cc1ccc(Br)cc1)C(=O)CCCC. The average molecular weight is 382 g/mol. The van der Waals surface area contributed by atoms with Gasteiger partial charge < -0.3 is 9.64 Å². The van der Waals surface area contributed by atoms with Crippen molar-refractivity contribution in [2.45, 2.75) is 45.7 Å². The van der Waals surface area contributed by atoms with Crippen molar-refractivity contribution in [2.75, 3.05) is 7.11 Å². The van der Waals surface area contributed by atoms with Gasteiger partial charge in [-0.15, -0.1) is 0 Å². The van der Waals surface area contributed by atoms with Crippen LogP contribution in [0.25, 0.3) is 0 Å². The molecule has 0 fully saturated rings. The molecule has 0 aliphatic rings. The van der Waals surface area contributed by atoms with Gasteiger partial charge in [0.1, 0.15) is 0 Å². The minimum Gasteiger partial charge on any atom is -0.467 e. The minimum atomic E-state index is -0.756. The smallest absolute Gasteiger partial charge is 0.332 e. The third-order valence-corrected chi connectivity index (χ3v) is 4.06. The van der Waals surface area contributed by atoms with Crippen LogP contribution < -0.4 is 0 Å². The summed E-state index contributed by atoms with van der Waals surface area (Å²) in [5, 5.41) is 0. The predicted molar refractivity (Wildman–Crippen MR) is 94.8 cm³/mol. The molecule has 0 saturated carbocycles. The molecule has 0 N–H and O–H groups in total. The Hall–Kier alpha value is -1.62. The fourth-order valence-electron chi connectivity index (χ4n) is 2.29. The van der Waals surface area contributed by atoms with E-state index in [0.29, 0.717) is 18.5 Å². The molecule has 0 bridgehead atoms. The van der Waals surface area contributed by atoms with Crippen molar-refractivity contribution < 1.29 is 14.3 Å². The third kappa shape index (κ3) is 5.82. The van der Waals surface area contributed by atoms with E-state index >= 15 is 0 Å². The van der Waals surface area contributed by atoms with Crippen molar-refractivity contribution in [3.63, 3.8) is 0 Å². The molecule has 0 unspecified atom stereocenters. The summed E-state index contributed by atoms with van der Waals surface area (Å²) in [6, 6.07) is 6.93. The Morgan fingerprint density at radius 3 is 2.39 bits per heavy atom. The van der Waals surface area contributed by atoms with Gasteiger partial charge in [-0.3, -0.25) is 4.79 Å². The van der Waals surface area contributed by atoms with Crippen LogP contribution in [-0.2, 0) is 20.9 Å². The maximum absolute atomic E-state index is 12.6. The molecular formula is C18H24BrNO3. The van der Waals surface area contributed by atoms with E-state index in [9.17, 15) is 9.59 Å². The lowest BCUT2D eigenvalue weighted by atomic mass is 10.1. The lowest BCUT2D eigenvalue weighted by molar-refractivity contribution is -0.151. The molecular weight excluding hydrogens is 358 g/mol. The standard InChI is InChI=1S/C18H24BrNO3/c1-5-6-7-16(21)20(17(13(2)3)18(22)23-4)12-14-8-10-15(19)11-9-14/h8-11,17H,2,5-7,12H2,1,3-4H3/t17-/m0/s1. The third-order valence-electron chi connectivity index (χ3n) is 3.53. The van der Waals surface area contributed by atoms with Crippen molar-refractivity contribution in [1.29, 1.82) is 0 Å². The van der Waals surface area contributed by atoms with Crippen LogP contribution in [-0.4, -0.2) is 29.9 Å². The number of hydrogen-bond donors (Lipinski definition) is 0. The number of ether oxygens (including phenoxy) is 1. The van der Waals surface area contributed by atoms with Crippen molar-refractivity contribution in [1.82, 2.24) is 4.90 Å². The van der Waals surface area contributed by atoms with Crippen LogP contribution in [0.4, 0.5) is 0 Å². The van der Waals surface area contributed by atoms with Crippen LogP contribution >= 0.6 is 15.9 Å². The van der Waals surface area contributed by atoms with Crippen LogP contribution in [0.15, 0.2) is 40.9 Å². The molecule has 0 saturated heterocycles. The predicted octanol–water partition coefficient (Wildman–Crippen LogP) is 4.09. The molecule has 4 nitrogen and oxygen atoms in total. The molecule has 1 amide bonds. The van der Waals surface area contributed by atoms with Crippen LogP contribution in [0.1, 0.15) is 38.7 Å². The van der Waals surface area contributed by atoms with Gasteiger partial charge in [-0.2, -0.15) is 0 Å². The van der Waals surface area contributed by atoms with Crippen molar-refractivity contribution >= 4 is 27.8 Å². The van der Waals surface area contributed by atoms with Crippen molar-refractivity contribution in [2.24, 2.45) is 0 Å². The molecule has 0 aromatic heterocycles.